The molecule has 2 aromatic rings. The zero-order valence-electron chi connectivity index (χ0n) is 12.9. The largest absolute Gasteiger partial charge is 0.497 e. The van der Waals surface area contributed by atoms with Gasteiger partial charge in [-0.3, -0.25) is 9.59 Å². The number of benzene rings is 2. The third-order valence-corrected chi connectivity index (χ3v) is 3.76. The summed E-state index contributed by atoms with van der Waals surface area (Å²) in [4.78, 5) is 23.8. The molecular weight excluding hydrogens is 351 g/mol. The van der Waals surface area contributed by atoms with Gasteiger partial charge < -0.3 is 15.4 Å². The first kappa shape index (κ1) is 18.1. The molecule has 2 rings (SSSR count). The molecule has 0 heterocycles. The summed E-state index contributed by atoms with van der Waals surface area (Å²) in [6, 6.07) is 11.9. The number of hydrogen-bond acceptors (Lipinski definition) is 3. The van der Waals surface area contributed by atoms with Gasteiger partial charge in [0.2, 0.25) is 5.91 Å². The summed E-state index contributed by atoms with van der Waals surface area (Å²) in [6.07, 6.45) is 0. The Morgan fingerprint density at radius 3 is 2.58 bits per heavy atom. The minimum atomic E-state index is -0.437. The number of carbonyl (C=O) groups excluding carboxylic acids is 2. The first-order valence-corrected chi connectivity index (χ1v) is 7.88. The first-order chi connectivity index (χ1) is 11.5. The molecule has 0 unspecified atom stereocenters. The van der Waals surface area contributed by atoms with Gasteiger partial charge in [-0.05, 0) is 35.9 Å². The van der Waals surface area contributed by atoms with Crippen LogP contribution in [0.1, 0.15) is 15.9 Å². The SMILES string of the molecule is COc1cccc(CNC(=O)CNC(=O)c2ccc(Cl)cc2Cl)c1. The summed E-state index contributed by atoms with van der Waals surface area (Å²) in [6.45, 7) is 0.190. The number of rotatable bonds is 6. The van der Waals surface area contributed by atoms with E-state index in [2.05, 4.69) is 10.6 Å². The molecule has 0 saturated carbocycles. The van der Waals surface area contributed by atoms with Crippen molar-refractivity contribution in [2.75, 3.05) is 13.7 Å². The quantitative estimate of drug-likeness (QED) is 0.825. The van der Waals surface area contributed by atoms with Gasteiger partial charge in [0, 0.05) is 11.6 Å². The van der Waals surface area contributed by atoms with Crippen LogP contribution in [0.2, 0.25) is 10.0 Å². The second-order valence-electron chi connectivity index (χ2n) is 4.94. The van der Waals surface area contributed by atoms with E-state index in [0.717, 1.165) is 5.56 Å². The van der Waals surface area contributed by atoms with Crippen molar-refractivity contribution in [3.05, 3.63) is 63.6 Å². The zero-order valence-corrected chi connectivity index (χ0v) is 14.4. The molecule has 0 aliphatic heterocycles. The van der Waals surface area contributed by atoms with Crippen molar-refractivity contribution in [2.45, 2.75) is 6.54 Å². The summed E-state index contributed by atoms with van der Waals surface area (Å²) in [7, 11) is 1.58. The molecule has 0 atom stereocenters. The van der Waals surface area contributed by atoms with E-state index in [1.807, 2.05) is 24.3 Å². The third kappa shape index (κ3) is 5.15. The topological polar surface area (TPSA) is 67.4 Å². The maximum absolute atomic E-state index is 12.0. The molecular formula is C17H16Cl2N2O3. The maximum atomic E-state index is 12.0. The number of hydrogen-bond donors (Lipinski definition) is 2. The van der Waals surface area contributed by atoms with Crippen molar-refractivity contribution in [1.29, 1.82) is 0 Å². The Bertz CT molecular complexity index is 750. The normalized spacial score (nSPS) is 10.1. The van der Waals surface area contributed by atoms with E-state index in [9.17, 15) is 9.59 Å². The highest BCUT2D eigenvalue weighted by molar-refractivity contribution is 6.36. The number of ether oxygens (including phenoxy) is 1. The van der Waals surface area contributed by atoms with Crippen LogP contribution in [-0.4, -0.2) is 25.5 Å². The molecule has 0 bridgehead atoms. The molecule has 0 aliphatic carbocycles. The minimum absolute atomic E-state index is 0.151. The van der Waals surface area contributed by atoms with E-state index >= 15 is 0 Å². The van der Waals surface area contributed by atoms with Gasteiger partial charge in [0.15, 0.2) is 0 Å². The number of halogens is 2. The van der Waals surface area contributed by atoms with Gasteiger partial charge in [-0.25, -0.2) is 0 Å². The molecule has 24 heavy (non-hydrogen) atoms. The van der Waals surface area contributed by atoms with Crippen LogP contribution in [0.5, 0.6) is 5.75 Å². The number of amides is 2. The van der Waals surface area contributed by atoms with Crippen LogP contribution < -0.4 is 15.4 Å². The minimum Gasteiger partial charge on any atom is -0.497 e. The lowest BCUT2D eigenvalue weighted by Crippen LogP contribution is -2.36. The van der Waals surface area contributed by atoms with Gasteiger partial charge in [-0.1, -0.05) is 35.3 Å². The fourth-order valence-electron chi connectivity index (χ4n) is 1.97. The number of methoxy groups -OCH3 is 1. The molecule has 0 radical (unpaired) electrons. The summed E-state index contributed by atoms with van der Waals surface area (Å²) in [5.41, 5.74) is 1.16. The van der Waals surface area contributed by atoms with E-state index in [1.165, 1.54) is 12.1 Å². The summed E-state index contributed by atoms with van der Waals surface area (Å²) in [5, 5.41) is 5.90. The van der Waals surface area contributed by atoms with Crippen molar-refractivity contribution in [2.24, 2.45) is 0 Å². The predicted octanol–water partition coefficient (Wildman–Crippen LogP) is 3.05. The molecule has 0 spiro atoms. The van der Waals surface area contributed by atoms with E-state index in [4.69, 9.17) is 27.9 Å². The molecule has 5 nitrogen and oxygen atoms in total. The highest BCUT2D eigenvalue weighted by Gasteiger charge is 2.12. The summed E-state index contributed by atoms with van der Waals surface area (Å²) < 4.78 is 5.12. The van der Waals surface area contributed by atoms with Crippen LogP contribution in [0.25, 0.3) is 0 Å². The Morgan fingerprint density at radius 1 is 1.08 bits per heavy atom. The Balaban J connectivity index is 1.83. The van der Waals surface area contributed by atoms with E-state index in [0.29, 0.717) is 17.3 Å². The molecule has 0 saturated heterocycles. The van der Waals surface area contributed by atoms with Crippen LogP contribution >= 0.6 is 23.2 Å². The molecule has 2 aromatic carbocycles. The second kappa shape index (κ2) is 8.57. The van der Waals surface area contributed by atoms with Gasteiger partial charge >= 0.3 is 0 Å². The fourth-order valence-corrected chi connectivity index (χ4v) is 2.47. The third-order valence-electron chi connectivity index (χ3n) is 3.21. The van der Waals surface area contributed by atoms with Gasteiger partial charge in [0.25, 0.3) is 5.91 Å². The van der Waals surface area contributed by atoms with E-state index < -0.39 is 5.91 Å². The lowest BCUT2D eigenvalue weighted by atomic mass is 10.2. The van der Waals surface area contributed by atoms with Crippen molar-refractivity contribution >= 4 is 35.0 Å². The molecule has 0 fully saturated rings. The van der Waals surface area contributed by atoms with Gasteiger partial charge in [0.05, 0.1) is 24.2 Å². The first-order valence-electron chi connectivity index (χ1n) is 7.12. The van der Waals surface area contributed by atoms with Crippen LogP contribution in [0.4, 0.5) is 0 Å². The number of nitrogens with one attached hydrogen (secondary N) is 2. The molecule has 126 valence electrons. The molecule has 0 aliphatic rings. The van der Waals surface area contributed by atoms with Gasteiger partial charge in [-0.2, -0.15) is 0 Å². The number of carbonyl (C=O) groups is 2. The Labute approximate surface area is 149 Å². The molecule has 7 heteroatoms. The Hall–Kier alpha value is -2.24. The summed E-state index contributed by atoms with van der Waals surface area (Å²) in [5.74, 6) is -0.0307. The zero-order chi connectivity index (χ0) is 17.5. The predicted molar refractivity (Wildman–Crippen MR) is 93.6 cm³/mol. The summed E-state index contributed by atoms with van der Waals surface area (Å²) >= 11 is 11.7. The van der Waals surface area contributed by atoms with Crippen LogP contribution in [-0.2, 0) is 11.3 Å². The van der Waals surface area contributed by atoms with Crippen LogP contribution in [0.15, 0.2) is 42.5 Å². The standard InChI is InChI=1S/C17H16Cl2N2O3/c1-24-13-4-2-3-11(7-13)9-20-16(22)10-21-17(23)14-6-5-12(18)8-15(14)19/h2-8H,9-10H2,1H3,(H,20,22)(H,21,23). The molecule has 0 aromatic heterocycles. The smallest absolute Gasteiger partial charge is 0.253 e. The fraction of sp³-hybridized carbons (Fsp3) is 0.176. The van der Waals surface area contributed by atoms with Gasteiger partial charge in [0.1, 0.15) is 5.75 Å². The lowest BCUT2D eigenvalue weighted by molar-refractivity contribution is -0.120. The highest BCUT2D eigenvalue weighted by Crippen LogP contribution is 2.20. The van der Waals surface area contributed by atoms with Gasteiger partial charge in [-0.15, -0.1) is 0 Å². The van der Waals surface area contributed by atoms with Crippen LogP contribution in [0.3, 0.4) is 0 Å². The average Bonchev–Trinajstić information content (AvgIpc) is 2.58. The van der Waals surface area contributed by atoms with Crippen LogP contribution in [0, 0.1) is 0 Å². The molecule has 2 N–H and O–H groups in total. The van der Waals surface area contributed by atoms with Crippen molar-refractivity contribution in [3.63, 3.8) is 0 Å². The Kier molecular flexibility index (Phi) is 6.46. The second-order valence-corrected chi connectivity index (χ2v) is 5.78. The van der Waals surface area contributed by atoms with Crippen molar-refractivity contribution in [3.8, 4) is 5.75 Å². The average molecular weight is 367 g/mol. The van der Waals surface area contributed by atoms with Crippen molar-refractivity contribution in [1.82, 2.24) is 10.6 Å². The lowest BCUT2D eigenvalue weighted by Gasteiger charge is -2.09. The maximum Gasteiger partial charge on any atom is 0.253 e. The Morgan fingerprint density at radius 2 is 1.88 bits per heavy atom. The van der Waals surface area contributed by atoms with E-state index in [-0.39, 0.29) is 23.0 Å². The monoisotopic (exact) mass is 366 g/mol. The highest BCUT2D eigenvalue weighted by atomic mass is 35.5. The van der Waals surface area contributed by atoms with E-state index in [1.54, 1.807) is 13.2 Å². The van der Waals surface area contributed by atoms with Crippen molar-refractivity contribution < 1.29 is 14.3 Å². The molecule has 2 amide bonds.